The Hall–Kier alpha value is -3.39. The monoisotopic (exact) mass is 524 g/mol. The maximum absolute atomic E-state index is 14.0. The van der Waals surface area contributed by atoms with Gasteiger partial charge in [-0.25, -0.2) is 0 Å². The van der Waals surface area contributed by atoms with Gasteiger partial charge in [0.05, 0.1) is 12.5 Å². The van der Waals surface area contributed by atoms with E-state index in [9.17, 15) is 4.79 Å². The fraction of sp³-hybridized carbons (Fsp3) is 0.395. The number of hydrogen-bond donors (Lipinski definition) is 0. The highest BCUT2D eigenvalue weighted by molar-refractivity contribution is 5.87. The highest BCUT2D eigenvalue weighted by atomic mass is 16.5. The molecule has 0 radical (unpaired) electrons. The molecular weight excluding hydrogens is 488 g/mol. The molecule has 0 aliphatic heterocycles. The predicted octanol–water partition coefficient (Wildman–Crippen LogP) is 8.52. The van der Waals surface area contributed by atoms with Crippen LogP contribution >= 0.6 is 0 Å². The van der Waals surface area contributed by atoms with Gasteiger partial charge in [-0.15, -0.1) is 0 Å². The van der Waals surface area contributed by atoms with E-state index in [2.05, 4.69) is 91.0 Å². The number of carbonyl (C=O) groups is 1. The number of esters is 1. The first-order chi connectivity index (χ1) is 19.6. The van der Waals surface area contributed by atoms with Crippen LogP contribution in [-0.4, -0.2) is 12.6 Å². The quantitative estimate of drug-likeness (QED) is 0.250. The third-order valence-corrected chi connectivity index (χ3v) is 11.7. The zero-order valence-corrected chi connectivity index (χ0v) is 23.0. The van der Waals surface area contributed by atoms with Crippen molar-refractivity contribution < 1.29 is 9.53 Å². The van der Waals surface area contributed by atoms with Gasteiger partial charge >= 0.3 is 5.97 Å². The van der Waals surface area contributed by atoms with E-state index >= 15 is 0 Å². The summed E-state index contributed by atoms with van der Waals surface area (Å²) in [7, 11) is 0. The molecule has 7 aliphatic carbocycles. The predicted molar refractivity (Wildman–Crippen MR) is 158 cm³/mol. The molecule has 4 saturated carbocycles. The van der Waals surface area contributed by atoms with Crippen LogP contribution in [0.1, 0.15) is 84.6 Å². The molecule has 3 atom stereocenters. The van der Waals surface area contributed by atoms with Crippen molar-refractivity contribution in [1.29, 1.82) is 0 Å². The molecule has 2 nitrogen and oxygen atoms in total. The second kappa shape index (κ2) is 8.32. The summed E-state index contributed by atoms with van der Waals surface area (Å²) in [5, 5.41) is 2.78. The number of benzene rings is 4. The first-order valence-electron chi connectivity index (χ1n) is 15.4. The van der Waals surface area contributed by atoms with Crippen LogP contribution in [0.15, 0.2) is 91.0 Å². The van der Waals surface area contributed by atoms with Gasteiger partial charge in [0.15, 0.2) is 0 Å². The van der Waals surface area contributed by atoms with Gasteiger partial charge in [0.2, 0.25) is 0 Å². The SMILES string of the molecule is O=C(OCC12CC3CC(C1)CC(c1cccc4ccccc14)(C3)C2)C1CC2c3ccccc3C1c1ccccc12. The van der Waals surface area contributed by atoms with E-state index in [1.807, 2.05) is 0 Å². The molecule has 200 valence electrons. The Morgan fingerprint density at radius 1 is 0.700 bits per heavy atom. The third-order valence-electron chi connectivity index (χ3n) is 11.7. The summed E-state index contributed by atoms with van der Waals surface area (Å²) in [6.45, 7) is 0.600. The maximum atomic E-state index is 14.0. The van der Waals surface area contributed by atoms with Crippen LogP contribution in [-0.2, 0) is 14.9 Å². The van der Waals surface area contributed by atoms with Crippen molar-refractivity contribution in [2.24, 2.45) is 23.2 Å². The van der Waals surface area contributed by atoms with Gasteiger partial charge in [-0.1, -0.05) is 91.0 Å². The molecule has 4 aromatic carbocycles. The molecule has 7 aliphatic rings. The Morgan fingerprint density at radius 3 is 2.05 bits per heavy atom. The lowest BCUT2D eigenvalue weighted by atomic mass is 9.43. The van der Waals surface area contributed by atoms with Crippen molar-refractivity contribution in [2.45, 2.75) is 62.2 Å². The average Bonchev–Trinajstić information content (AvgIpc) is 2.99. The lowest BCUT2D eigenvalue weighted by Gasteiger charge is -2.62. The maximum Gasteiger partial charge on any atom is 0.309 e. The fourth-order valence-corrected chi connectivity index (χ4v) is 10.8. The topological polar surface area (TPSA) is 26.3 Å². The van der Waals surface area contributed by atoms with E-state index in [1.165, 1.54) is 65.1 Å². The highest BCUT2D eigenvalue weighted by Gasteiger charge is 2.59. The van der Waals surface area contributed by atoms with Crippen molar-refractivity contribution in [3.8, 4) is 0 Å². The van der Waals surface area contributed by atoms with E-state index in [1.54, 1.807) is 5.56 Å². The Kier molecular flexibility index (Phi) is 4.85. The van der Waals surface area contributed by atoms with Crippen LogP contribution in [0.5, 0.6) is 0 Å². The van der Waals surface area contributed by atoms with Crippen molar-refractivity contribution in [1.82, 2.24) is 0 Å². The number of carbonyl (C=O) groups excluding carboxylic acids is 1. The number of fused-ring (bicyclic) bond motifs is 2. The van der Waals surface area contributed by atoms with Gasteiger partial charge in [0, 0.05) is 17.3 Å². The van der Waals surface area contributed by atoms with Gasteiger partial charge < -0.3 is 4.74 Å². The molecule has 4 aromatic rings. The minimum absolute atomic E-state index is 0.0361. The van der Waals surface area contributed by atoms with Gasteiger partial charge in [-0.3, -0.25) is 4.79 Å². The summed E-state index contributed by atoms with van der Waals surface area (Å²) < 4.78 is 6.48. The molecule has 0 N–H and O–H groups in total. The number of rotatable bonds is 4. The molecule has 2 heteroatoms. The minimum atomic E-state index is -0.0873. The van der Waals surface area contributed by atoms with E-state index in [4.69, 9.17) is 4.74 Å². The van der Waals surface area contributed by atoms with Gasteiger partial charge in [-0.05, 0) is 101 Å². The van der Waals surface area contributed by atoms with Gasteiger partial charge in [-0.2, -0.15) is 0 Å². The Labute approximate surface area is 236 Å². The van der Waals surface area contributed by atoms with Crippen LogP contribution in [0.4, 0.5) is 0 Å². The third kappa shape index (κ3) is 3.25. The molecule has 0 spiro atoms. The normalized spacial score (nSPS) is 34.5. The molecule has 0 aromatic heterocycles. The zero-order valence-electron chi connectivity index (χ0n) is 23.0. The van der Waals surface area contributed by atoms with Crippen LogP contribution in [0.25, 0.3) is 10.8 Å². The molecule has 3 unspecified atom stereocenters. The molecular formula is C38H36O2. The molecule has 0 amide bonds. The molecule has 40 heavy (non-hydrogen) atoms. The minimum Gasteiger partial charge on any atom is -0.465 e. The van der Waals surface area contributed by atoms with E-state index in [0.29, 0.717) is 12.5 Å². The van der Waals surface area contributed by atoms with Crippen LogP contribution in [0.2, 0.25) is 0 Å². The molecule has 0 saturated heterocycles. The second-order valence-corrected chi connectivity index (χ2v) is 14.0. The standard InChI is InChI=1S/C38H36O2/c39-36(33-17-32-28-11-3-5-13-30(28)35(33)31-14-6-4-12-29(31)32)40-23-37-18-24-16-25(19-37)21-38(20-24,22-37)34-15-7-9-26-8-1-2-10-27(26)34/h1-15,24-25,32-33,35H,16-23H2. The van der Waals surface area contributed by atoms with Crippen molar-refractivity contribution >= 4 is 16.7 Å². The largest absolute Gasteiger partial charge is 0.465 e. The molecule has 11 rings (SSSR count). The van der Waals surface area contributed by atoms with Crippen LogP contribution in [0.3, 0.4) is 0 Å². The van der Waals surface area contributed by atoms with Gasteiger partial charge in [0.1, 0.15) is 0 Å². The van der Waals surface area contributed by atoms with E-state index in [0.717, 1.165) is 24.7 Å². The van der Waals surface area contributed by atoms with Crippen molar-refractivity contribution in [2.75, 3.05) is 6.61 Å². The lowest BCUT2D eigenvalue weighted by Crippen LogP contribution is -2.55. The van der Waals surface area contributed by atoms with E-state index < -0.39 is 0 Å². The summed E-state index contributed by atoms with van der Waals surface area (Å²) in [6, 6.07) is 33.4. The van der Waals surface area contributed by atoms with Crippen LogP contribution < -0.4 is 0 Å². The fourth-order valence-electron chi connectivity index (χ4n) is 10.8. The molecule has 4 fully saturated rings. The molecule has 0 heterocycles. The zero-order chi connectivity index (χ0) is 26.5. The van der Waals surface area contributed by atoms with Crippen molar-refractivity contribution in [3.63, 3.8) is 0 Å². The number of hydrogen-bond acceptors (Lipinski definition) is 2. The summed E-state index contributed by atoms with van der Waals surface area (Å²) in [5.41, 5.74) is 7.39. The Balaban J connectivity index is 1.02. The molecule has 6 bridgehead atoms. The van der Waals surface area contributed by atoms with Crippen molar-refractivity contribution in [3.05, 3.63) is 119 Å². The number of ether oxygens (including phenoxy) is 1. The van der Waals surface area contributed by atoms with E-state index in [-0.39, 0.29) is 28.6 Å². The Morgan fingerprint density at radius 2 is 1.32 bits per heavy atom. The highest BCUT2D eigenvalue weighted by Crippen LogP contribution is 2.66. The van der Waals surface area contributed by atoms with Crippen LogP contribution in [0, 0.1) is 23.2 Å². The lowest BCUT2D eigenvalue weighted by molar-refractivity contribution is -0.163. The smallest absolute Gasteiger partial charge is 0.309 e. The summed E-state index contributed by atoms with van der Waals surface area (Å²) in [5.74, 6) is 1.86. The summed E-state index contributed by atoms with van der Waals surface area (Å²) in [6.07, 6.45) is 8.45. The summed E-state index contributed by atoms with van der Waals surface area (Å²) >= 11 is 0. The average molecular weight is 525 g/mol. The first kappa shape index (κ1) is 23.3. The van der Waals surface area contributed by atoms with Gasteiger partial charge in [0.25, 0.3) is 0 Å². The first-order valence-corrected chi connectivity index (χ1v) is 15.4. The Bertz CT molecular complexity index is 1600. The second-order valence-electron chi connectivity index (χ2n) is 14.0. The summed E-state index contributed by atoms with van der Waals surface area (Å²) in [4.78, 5) is 14.0.